The summed E-state index contributed by atoms with van der Waals surface area (Å²) in [6, 6.07) is 13.6. The van der Waals surface area contributed by atoms with Gasteiger partial charge in [-0.15, -0.1) is 0 Å². The van der Waals surface area contributed by atoms with Crippen molar-refractivity contribution in [1.82, 2.24) is 4.57 Å². The van der Waals surface area contributed by atoms with Gasteiger partial charge >= 0.3 is 5.97 Å². The molecule has 0 bridgehead atoms. The molecule has 0 spiro atoms. The van der Waals surface area contributed by atoms with Crippen LogP contribution in [0.3, 0.4) is 0 Å². The average molecular weight is 377 g/mol. The quantitative estimate of drug-likeness (QED) is 0.678. The van der Waals surface area contributed by atoms with Crippen LogP contribution >= 0.6 is 0 Å². The number of pyridine rings is 1. The van der Waals surface area contributed by atoms with E-state index in [1.165, 1.54) is 4.57 Å². The van der Waals surface area contributed by atoms with E-state index < -0.39 is 11.9 Å². The van der Waals surface area contributed by atoms with Crippen LogP contribution in [0.15, 0.2) is 47.3 Å². The molecule has 4 nitrogen and oxygen atoms in total. The molecule has 0 aliphatic heterocycles. The monoisotopic (exact) mass is 377 g/mol. The van der Waals surface area contributed by atoms with Crippen LogP contribution in [-0.4, -0.2) is 15.6 Å². The number of hydrogen-bond acceptors (Lipinski definition) is 2. The summed E-state index contributed by atoms with van der Waals surface area (Å²) in [6.45, 7) is 8.08. The summed E-state index contributed by atoms with van der Waals surface area (Å²) in [6.07, 6.45) is 0.471. The molecule has 2 aromatic carbocycles. The number of benzene rings is 2. The molecule has 1 aromatic heterocycles. The Labute approximate surface area is 165 Å². The summed E-state index contributed by atoms with van der Waals surface area (Å²) >= 11 is 0. The molecule has 0 aliphatic rings. The summed E-state index contributed by atoms with van der Waals surface area (Å²) in [7, 11) is 1.69. The van der Waals surface area contributed by atoms with Crippen LogP contribution in [0, 0.1) is 19.8 Å². The lowest BCUT2D eigenvalue weighted by atomic mass is 9.85. The molecular formula is C24H27NO3. The summed E-state index contributed by atoms with van der Waals surface area (Å²) in [5.41, 5.74) is 4.46. The fraction of sp³-hybridized carbons (Fsp3) is 0.333. The first kappa shape index (κ1) is 19.9. The number of aliphatic carboxylic acids is 1. The molecule has 3 rings (SSSR count). The van der Waals surface area contributed by atoms with Crippen LogP contribution in [-0.2, 0) is 11.8 Å². The summed E-state index contributed by atoms with van der Waals surface area (Å²) in [4.78, 5) is 25.3. The van der Waals surface area contributed by atoms with E-state index in [9.17, 15) is 14.7 Å². The zero-order valence-electron chi connectivity index (χ0n) is 17.1. The minimum Gasteiger partial charge on any atom is -0.481 e. The highest BCUT2D eigenvalue weighted by molar-refractivity contribution is 5.99. The fourth-order valence-electron chi connectivity index (χ4n) is 4.07. The maximum Gasteiger partial charge on any atom is 0.312 e. The SMILES string of the molecule is Cc1ccc(-c2c([C@H](CC(C)C)C(=O)O)n(C)c(=O)c3ccccc23)c(C)c1. The first-order valence-corrected chi connectivity index (χ1v) is 9.64. The normalized spacial score (nSPS) is 12.5. The van der Waals surface area contributed by atoms with Gasteiger partial charge in [-0.1, -0.05) is 55.8 Å². The van der Waals surface area contributed by atoms with Gasteiger partial charge < -0.3 is 9.67 Å². The Hall–Kier alpha value is -2.88. The standard InChI is InChI=1S/C24H27NO3/c1-14(2)12-20(24(27)28)22-21(17-11-10-15(3)13-16(17)4)18-8-6-7-9-19(18)23(26)25(22)5/h6-11,13-14,20H,12H2,1-5H3,(H,27,28)/t20-/m0/s1. The van der Waals surface area contributed by atoms with Crippen molar-refractivity contribution in [3.05, 3.63) is 69.6 Å². The third-order valence-electron chi connectivity index (χ3n) is 5.34. The first-order valence-electron chi connectivity index (χ1n) is 9.64. The lowest BCUT2D eigenvalue weighted by molar-refractivity contribution is -0.139. The predicted octanol–water partition coefficient (Wildman–Crippen LogP) is 5.04. The fourth-order valence-corrected chi connectivity index (χ4v) is 4.07. The minimum atomic E-state index is -0.898. The minimum absolute atomic E-state index is 0.158. The number of aryl methyl sites for hydroxylation is 2. The third-order valence-corrected chi connectivity index (χ3v) is 5.34. The van der Waals surface area contributed by atoms with E-state index in [0.29, 0.717) is 17.5 Å². The molecule has 3 aromatic rings. The van der Waals surface area contributed by atoms with Gasteiger partial charge in [0.25, 0.3) is 5.56 Å². The molecule has 146 valence electrons. The van der Waals surface area contributed by atoms with Crippen molar-refractivity contribution in [3.63, 3.8) is 0 Å². The van der Waals surface area contributed by atoms with Gasteiger partial charge in [-0.05, 0) is 48.8 Å². The lowest BCUT2D eigenvalue weighted by Crippen LogP contribution is -2.27. The molecule has 1 N–H and O–H groups in total. The molecule has 4 heteroatoms. The number of aromatic nitrogens is 1. The Morgan fingerprint density at radius 1 is 1.07 bits per heavy atom. The number of carboxylic acid groups (broad SMARTS) is 1. The largest absolute Gasteiger partial charge is 0.481 e. The van der Waals surface area contributed by atoms with Gasteiger partial charge in [0.05, 0.1) is 5.92 Å². The van der Waals surface area contributed by atoms with Crippen molar-refractivity contribution in [3.8, 4) is 11.1 Å². The molecular weight excluding hydrogens is 350 g/mol. The van der Waals surface area contributed by atoms with Crippen molar-refractivity contribution >= 4 is 16.7 Å². The van der Waals surface area contributed by atoms with Gasteiger partial charge in [-0.25, -0.2) is 0 Å². The molecule has 1 atom stereocenters. The van der Waals surface area contributed by atoms with Crippen LogP contribution in [0.2, 0.25) is 0 Å². The second-order valence-electron chi connectivity index (χ2n) is 8.01. The van der Waals surface area contributed by atoms with E-state index in [0.717, 1.165) is 27.6 Å². The van der Waals surface area contributed by atoms with Crippen molar-refractivity contribution < 1.29 is 9.90 Å². The number of carboxylic acids is 1. The maximum absolute atomic E-state index is 13.1. The molecule has 0 saturated heterocycles. The van der Waals surface area contributed by atoms with E-state index in [1.807, 2.05) is 64.1 Å². The van der Waals surface area contributed by atoms with E-state index in [4.69, 9.17) is 0 Å². The van der Waals surface area contributed by atoms with Gasteiger partial charge in [-0.3, -0.25) is 9.59 Å². The van der Waals surface area contributed by atoms with Gasteiger partial charge in [0.2, 0.25) is 0 Å². The second kappa shape index (κ2) is 7.63. The second-order valence-corrected chi connectivity index (χ2v) is 8.01. The Kier molecular flexibility index (Phi) is 5.41. The van der Waals surface area contributed by atoms with E-state index in [1.54, 1.807) is 7.05 Å². The first-order chi connectivity index (χ1) is 13.2. The summed E-state index contributed by atoms with van der Waals surface area (Å²) in [5, 5.41) is 11.4. The van der Waals surface area contributed by atoms with E-state index in [2.05, 4.69) is 6.07 Å². The highest BCUT2D eigenvalue weighted by Crippen LogP contribution is 2.38. The van der Waals surface area contributed by atoms with Crippen molar-refractivity contribution in [2.45, 2.75) is 40.0 Å². The predicted molar refractivity (Wildman–Crippen MR) is 114 cm³/mol. The third kappa shape index (κ3) is 3.47. The van der Waals surface area contributed by atoms with Crippen LogP contribution in [0.1, 0.15) is 43.0 Å². The molecule has 0 unspecified atom stereocenters. The Morgan fingerprint density at radius 2 is 1.71 bits per heavy atom. The average Bonchev–Trinajstić information content (AvgIpc) is 2.63. The molecule has 28 heavy (non-hydrogen) atoms. The van der Waals surface area contributed by atoms with Gasteiger partial charge in [-0.2, -0.15) is 0 Å². The van der Waals surface area contributed by atoms with Crippen molar-refractivity contribution in [1.29, 1.82) is 0 Å². The number of hydrogen-bond donors (Lipinski definition) is 1. The van der Waals surface area contributed by atoms with Gasteiger partial charge in [0, 0.05) is 23.7 Å². The van der Waals surface area contributed by atoms with Crippen LogP contribution in [0.5, 0.6) is 0 Å². The molecule has 0 fully saturated rings. The summed E-state index contributed by atoms with van der Waals surface area (Å²) < 4.78 is 1.54. The van der Waals surface area contributed by atoms with Crippen molar-refractivity contribution in [2.24, 2.45) is 13.0 Å². The lowest BCUT2D eigenvalue weighted by Gasteiger charge is -2.24. The summed E-state index contributed by atoms with van der Waals surface area (Å²) in [5.74, 6) is -1.46. The number of rotatable bonds is 5. The van der Waals surface area contributed by atoms with Crippen LogP contribution in [0.4, 0.5) is 0 Å². The number of fused-ring (bicyclic) bond motifs is 1. The molecule has 0 radical (unpaired) electrons. The van der Waals surface area contributed by atoms with Crippen molar-refractivity contribution in [2.75, 3.05) is 0 Å². The van der Waals surface area contributed by atoms with Gasteiger partial charge in [0.1, 0.15) is 0 Å². The molecule has 0 aliphatic carbocycles. The highest BCUT2D eigenvalue weighted by atomic mass is 16.4. The molecule has 0 amide bonds. The highest BCUT2D eigenvalue weighted by Gasteiger charge is 2.29. The van der Waals surface area contributed by atoms with Crippen LogP contribution in [0.25, 0.3) is 21.9 Å². The Bertz CT molecular complexity index is 1110. The van der Waals surface area contributed by atoms with E-state index >= 15 is 0 Å². The maximum atomic E-state index is 13.1. The number of nitrogens with zero attached hydrogens (tertiary/aromatic N) is 1. The zero-order chi connectivity index (χ0) is 20.6. The van der Waals surface area contributed by atoms with Crippen LogP contribution < -0.4 is 5.56 Å². The van der Waals surface area contributed by atoms with E-state index in [-0.39, 0.29) is 11.5 Å². The Balaban J connectivity index is 2.50. The smallest absolute Gasteiger partial charge is 0.312 e. The molecule has 0 saturated carbocycles. The zero-order valence-corrected chi connectivity index (χ0v) is 17.1. The Morgan fingerprint density at radius 3 is 2.29 bits per heavy atom. The topological polar surface area (TPSA) is 59.3 Å². The number of carbonyl (C=O) groups is 1. The van der Waals surface area contributed by atoms with Gasteiger partial charge in [0.15, 0.2) is 0 Å². The molecule has 1 heterocycles.